The number of nitrogens with zero attached hydrogens (tertiary/aromatic N) is 3. The van der Waals surface area contributed by atoms with Gasteiger partial charge in [0.25, 0.3) is 5.91 Å². The number of carbonyl (C=O) groups excluding carboxylic acids is 1. The summed E-state index contributed by atoms with van der Waals surface area (Å²) in [6.07, 6.45) is 7.59. The minimum atomic E-state index is -0.480. The van der Waals surface area contributed by atoms with Crippen LogP contribution < -0.4 is 10.6 Å². The van der Waals surface area contributed by atoms with Gasteiger partial charge in [-0.1, -0.05) is 19.8 Å². The largest absolute Gasteiger partial charge is 0.331 e. The van der Waals surface area contributed by atoms with Gasteiger partial charge in [-0.15, -0.1) is 0 Å². The van der Waals surface area contributed by atoms with Crippen molar-refractivity contribution in [1.29, 1.82) is 5.26 Å². The lowest BCUT2D eigenvalue weighted by Gasteiger charge is -2.10. The highest BCUT2D eigenvalue weighted by Gasteiger charge is 2.13. The number of pyridine rings is 2. The first kappa shape index (κ1) is 18.5. The van der Waals surface area contributed by atoms with Crippen molar-refractivity contribution in [3.05, 3.63) is 53.6 Å². The number of anilines is 1. The van der Waals surface area contributed by atoms with Gasteiger partial charge in [-0.05, 0) is 49.3 Å². The van der Waals surface area contributed by atoms with Gasteiger partial charge in [0.1, 0.15) is 6.07 Å². The second-order valence-electron chi connectivity index (χ2n) is 5.41. The van der Waals surface area contributed by atoms with Crippen LogP contribution in [0.2, 0.25) is 0 Å². The van der Waals surface area contributed by atoms with E-state index in [-0.39, 0.29) is 16.4 Å². The lowest BCUT2D eigenvalue weighted by Crippen LogP contribution is -2.34. The third-order valence-electron chi connectivity index (χ3n) is 3.50. The Morgan fingerprint density at radius 1 is 1.28 bits per heavy atom. The number of aryl methyl sites for hydroxylation is 1. The van der Waals surface area contributed by atoms with Crippen LogP contribution in [0.25, 0.3) is 0 Å². The van der Waals surface area contributed by atoms with Gasteiger partial charge in [-0.25, -0.2) is 4.98 Å². The van der Waals surface area contributed by atoms with Crippen LogP contribution in [0.4, 0.5) is 5.69 Å². The van der Waals surface area contributed by atoms with Crippen molar-refractivity contribution in [2.24, 2.45) is 0 Å². The van der Waals surface area contributed by atoms with Crippen LogP contribution in [-0.2, 0) is 6.42 Å². The van der Waals surface area contributed by atoms with E-state index in [0.717, 1.165) is 18.5 Å². The fraction of sp³-hybridized carbons (Fsp3) is 0.278. The Labute approximate surface area is 152 Å². The third-order valence-corrected chi connectivity index (χ3v) is 3.71. The molecule has 128 valence electrons. The van der Waals surface area contributed by atoms with Crippen molar-refractivity contribution < 1.29 is 4.79 Å². The molecule has 0 radical (unpaired) electrons. The van der Waals surface area contributed by atoms with Crippen molar-refractivity contribution in [2.75, 3.05) is 5.32 Å². The van der Waals surface area contributed by atoms with E-state index >= 15 is 0 Å². The van der Waals surface area contributed by atoms with Crippen molar-refractivity contribution in [3.63, 3.8) is 0 Å². The first-order valence-electron chi connectivity index (χ1n) is 8.06. The van der Waals surface area contributed by atoms with Crippen LogP contribution >= 0.6 is 12.2 Å². The Morgan fingerprint density at radius 3 is 2.80 bits per heavy atom. The second kappa shape index (κ2) is 9.45. The Bertz CT molecular complexity index is 783. The molecule has 2 rings (SSSR count). The zero-order valence-electron chi connectivity index (χ0n) is 14.0. The van der Waals surface area contributed by atoms with Crippen LogP contribution in [0.3, 0.4) is 0 Å². The molecule has 0 bridgehead atoms. The number of amides is 1. The van der Waals surface area contributed by atoms with Crippen LogP contribution in [-0.4, -0.2) is 21.0 Å². The molecule has 25 heavy (non-hydrogen) atoms. The fourth-order valence-electron chi connectivity index (χ4n) is 2.21. The Hall–Kier alpha value is -2.85. The highest BCUT2D eigenvalue weighted by atomic mass is 32.1. The summed E-state index contributed by atoms with van der Waals surface area (Å²) < 4.78 is 0. The maximum Gasteiger partial charge on any atom is 0.260 e. The molecule has 2 heterocycles. The van der Waals surface area contributed by atoms with Crippen molar-refractivity contribution in [2.45, 2.75) is 32.6 Å². The van der Waals surface area contributed by atoms with E-state index in [1.54, 1.807) is 12.3 Å². The van der Waals surface area contributed by atoms with E-state index in [9.17, 15) is 4.79 Å². The van der Waals surface area contributed by atoms with E-state index in [4.69, 9.17) is 17.5 Å². The fourth-order valence-corrected chi connectivity index (χ4v) is 2.42. The zero-order chi connectivity index (χ0) is 18.1. The third kappa shape index (κ3) is 5.62. The molecule has 0 atom stereocenters. The van der Waals surface area contributed by atoms with Crippen molar-refractivity contribution in [1.82, 2.24) is 15.3 Å². The summed E-state index contributed by atoms with van der Waals surface area (Å²) in [6.45, 7) is 2.17. The summed E-state index contributed by atoms with van der Waals surface area (Å²) in [5, 5.41) is 14.6. The summed E-state index contributed by atoms with van der Waals surface area (Å²) in [7, 11) is 0. The molecule has 0 spiro atoms. The monoisotopic (exact) mass is 353 g/mol. The molecular formula is C18H19N5OS. The maximum atomic E-state index is 12.2. The number of carbonyl (C=O) groups is 1. The van der Waals surface area contributed by atoms with Crippen LogP contribution in [0.15, 0.2) is 36.7 Å². The predicted octanol–water partition coefficient (Wildman–Crippen LogP) is 3.21. The molecule has 6 nitrogen and oxygen atoms in total. The molecule has 2 aromatic heterocycles. The molecule has 2 N–H and O–H groups in total. The topological polar surface area (TPSA) is 90.7 Å². The van der Waals surface area contributed by atoms with Gasteiger partial charge in [0, 0.05) is 11.9 Å². The Morgan fingerprint density at radius 2 is 2.12 bits per heavy atom. The van der Waals surface area contributed by atoms with Gasteiger partial charge >= 0.3 is 0 Å². The molecule has 0 aliphatic carbocycles. The minimum absolute atomic E-state index is 0.0564. The number of nitriles is 1. The van der Waals surface area contributed by atoms with Crippen LogP contribution in [0, 0.1) is 11.3 Å². The maximum absolute atomic E-state index is 12.2. The number of hydrogen-bond acceptors (Lipinski definition) is 5. The predicted molar refractivity (Wildman–Crippen MR) is 100 cm³/mol. The van der Waals surface area contributed by atoms with E-state index in [1.165, 1.54) is 25.1 Å². The standard InChI is InChI=1S/C18H19N5OS/c1-2-3-4-6-13-8-9-14(12-21-13)22-18(25)23-17(24)15-7-5-10-20-16(15)11-19/h5,7-10,12H,2-4,6H2,1H3,(H2,22,23,24,25). The average Bonchev–Trinajstić information content (AvgIpc) is 2.63. The van der Waals surface area contributed by atoms with Crippen molar-refractivity contribution >= 4 is 28.9 Å². The molecule has 0 saturated heterocycles. The highest BCUT2D eigenvalue weighted by Crippen LogP contribution is 2.09. The summed E-state index contributed by atoms with van der Waals surface area (Å²) in [5.74, 6) is -0.480. The van der Waals surface area contributed by atoms with Crippen molar-refractivity contribution in [3.8, 4) is 6.07 Å². The van der Waals surface area contributed by atoms with Gasteiger partial charge in [0.2, 0.25) is 0 Å². The molecule has 0 aliphatic heterocycles. The van der Waals surface area contributed by atoms with Crippen LogP contribution in [0.5, 0.6) is 0 Å². The lowest BCUT2D eigenvalue weighted by molar-refractivity contribution is 0.0977. The summed E-state index contributed by atoms with van der Waals surface area (Å²) in [6, 6.07) is 8.81. The Kier molecular flexibility index (Phi) is 6.99. The molecule has 0 aliphatic rings. The van der Waals surface area contributed by atoms with E-state index < -0.39 is 5.91 Å². The van der Waals surface area contributed by atoms with Gasteiger partial charge < -0.3 is 5.32 Å². The molecule has 1 amide bonds. The number of nitrogens with one attached hydrogen (secondary N) is 2. The SMILES string of the molecule is CCCCCc1ccc(NC(=S)NC(=O)c2cccnc2C#N)cn1. The summed E-state index contributed by atoms with van der Waals surface area (Å²) in [4.78, 5) is 20.4. The van der Waals surface area contributed by atoms with E-state index in [1.807, 2.05) is 18.2 Å². The summed E-state index contributed by atoms with van der Waals surface area (Å²) >= 11 is 5.14. The van der Waals surface area contributed by atoms with Crippen LogP contribution in [0.1, 0.15) is 47.9 Å². The molecule has 0 aromatic carbocycles. The van der Waals surface area contributed by atoms with E-state index in [0.29, 0.717) is 5.69 Å². The first-order valence-corrected chi connectivity index (χ1v) is 8.47. The van der Waals surface area contributed by atoms with Gasteiger partial charge in [0.15, 0.2) is 10.8 Å². The first-order chi connectivity index (χ1) is 12.1. The molecule has 0 unspecified atom stereocenters. The quantitative estimate of drug-likeness (QED) is 0.612. The lowest BCUT2D eigenvalue weighted by atomic mass is 10.1. The highest BCUT2D eigenvalue weighted by molar-refractivity contribution is 7.80. The summed E-state index contributed by atoms with van der Waals surface area (Å²) in [5.41, 5.74) is 1.96. The zero-order valence-corrected chi connectivity index (χ0v) is 14.8. The normalized spacial score (nSPS) is 9.92. The average molecular weight is 353 g/mol. The Balaban J connectivity index is 1.91. The number of aromatic nitrogens is 2. The number of hydrogen-bond donors (Lipinski definition) is 2. The van der Waals surface area contributed by atoms with Gasteiger partial charge in [0.05, 0.1) is 17.4 Å². The second-order valence-corrected chi connectivity index (χ2v) is 5.82. The van der Waals surface area contributed by atoms with Gasteiger partial charge in [-0.3, -0.25) is 15.1 Å². The molecule has 7 heteroatoms. The van der Waals surface area contributed by atoms with E-state index in [2.05, 4.69) is 27.5 Å². The smallest absolute Gasteiger partial charge is 0.260 e. The van der Waals surface area contributed by atoms with Gasteiger partial charge in [-0.2, -0.15) is 5.26 Å². The minimum Gasteiger partial charge on any atom is -0.331 e. The number of unbranched alkanes of at least 4 members (excludes halogenated alkanes) is 2. The molecule has 0 fully saturated rings. The number of thiocarbonyl (C=S) groups is 1. The molecule has 2 aromatic rings. The molecular weight excluding hydrogens is 334 g/mol. The molecule has 0 saturated carbocycles. The number of rotatable bonds is 6.